The summed E-state index contributed by atoms with van der Waals surface area (Å²) in [5.74, 6) is 0.0703. The first-order chi connectivity index (χ1) is 15.2. The minimum absolute atomic E-state index is 0.0646. The molecule has 0 radical (unpaired) electrons. The van der Waals surface area contributed by atoms with Crippen molar-refractivity contribution in [3.05, 3.63) is 35.4 Å². The number of sulfonamides is 1. The van der Waals surface area contributed by atoms with Gasteiger partial charge in [-0.2, -0.15) is 0 Å². The standard InChI is InChI=1S/C22H32F2N2O5S/c1-30-22(27)26-13-5-8-19(25-32(2,28)29)20(26)14-31-16-11-9-15(10-12-16)17-6-3-4-7-18(17)21(23)24/h3-4,6-7,15-16,19-21,25H,5,8-14H2,1-2H3/t15?,16?,19-,20-/m0/s1. The van der Waals surface area contributed by atoms with Crippen LogP contribution in [0, 0.1) is 0 Å². The van der Waals surface area contributed by atoms with Crippen LogP contribution in [0.3, 0.4) is 0 Å². The van der Waals surface area contributed by atoms with Gasteiger partial charge in [-0.25, -0.2) is 26.7 Å². The van der Waals surface area contributed by atoms with Gasteiger partial charge in [0.1, 0.15) is 0 Å². The van der Waals surface area contributed by atoms with Gasteiger partial charge in [-0.15, -0.1) is 0 Å². The zero-order valence-electron chi connectivity index (χ0n) is 18.5. The van der Waals surface area contributed by atoms with Crippen LogP contribution in [0.1, 0.15) is 62.0 Å². The average molecular weight is 475 g/mol. The van der Waals surface area contributed by atoms with Crippen LogP contribution in [0.15, 0.2) is 24.3 Å². The number of alkyl halides is 2. The van der Waals surface area contributed by atoms with Crippen molar-refractivity contribution in [3.63, 3.8) is 0 Å². The zero-order chi connectivity index (χ0) is 23.3. The predicted octanol–water partition coefficient (Wildman–Crippen LogP) is 3.82. The summed E-state index contributed by atoms with van der Waals surface area (Å²) >= 11 is 0. The molecule has 180 valence electrons. The summed E-state index contributed by atoms with van der Waals surface area (Å²) in [5.41, 5.74) is 0.810. The van der Waals surface area contributed by atoms with Gasteiger partial charge in [-0.05, 0) is 50.0 Å². The predicted molar refractivity (Wildman–Crippen MR) is 116 cm³/mol. The van der Waals surface area contributed by atoms with Crippen molar-refractivity contribution >= 4 is 16.1 Å². The molecule has 0 spiro atoms. The molecule has 7 nitrogen and oxygen atoms in total. The van der Waals surface area contributed by atoms with Crippen LogP contribution in [0.5, 0.6) is 0 Å². The zero-order valence-corrected chi connectivity index (χ0v) is 19.3. The van der Waals surface area contributed by atoms with Gasteiger partial charge in [-0.3, -0.25) is 0 Å². The number of nitrogens with one attached hydrogen (secondary N) is 1. The Labute approximate surface area is 188 Å². The average Bonchev–Trinajstić information content (AvgIpc) is 2.77. The molecule has 0 bridgehead atoms. The van der Waals surface area contributed by atoms with E-state index in [1.54, 1.807) is 18.2 Å². The van der Waals surface area contributed by atoms with Gasteiger partial charge < -0.3 is 14.4 Å². The number of carbonyl (C=O) groups excluding carboxylic acids is 1. The van der Waals surface area contributed by atoms with E-state index in [0.29, 0.717) is 24.9 Å². The van der Waals surface area contributed by atoms with Crippen LogP contribution in [0.2, 0.25) is 0 Å². The Morgan fingerprint density at radius 2 is 1.88 bits per heavy atom. The minimum atomic E-state index is -3.45. The van der Waals surface area contributed by atoms with Gasteiger partial charge in [0, 0.05) is 18.2 Å². The van der Waals surface area contributed by atoms with Gasteiger partial charge in [0.2, 0.25) is 10.0 Å². The normalized spacial score (nSPS) is 26.8. The minimum Gasteiger partial charge on any atom is -0.453 e. The summed E-state index contributed by atoms with van der Waals surface area (Å²) in [6.45, 7) is 0.658. The summed E-state index contributed by atoms with van der Waals surface area (Å²) in [7, 11) is -2.15. The molecule has 2 aliphatic rings. The Hall–Kier alpha value is -1.78. The summed E-state index contributed by atoms with van der Waals surface area (Å²) < 4.78 is 63.9. The van der Waals surface area contributed by atoms with Crippen LogP contribution in [-0.2, 0) is 19.5 Å². The molecule has 1 aliphatic carbocycles. The molecule has 0 aromatic heterocycles. The maximum absolute atomic E-state index is 13.4. The van der Waals surface area contributed by atoms with E-state index < -0.39 is 34.6 Å². The Morgan fingerprint density at radius 1 is 1.19 bits per heavy atom. The number of nitrogens with zero attached hydrogens (tertiary/aromatic N) is 1. The topological polar surface area (TPSA) is 84.9 Å². The number of methoxy groups -OCH3 is 1. The largest absolute Gasteiger partial charge is 0.453 e. The third-order valence-electron chi connectivity index (χ3n) is 6.40. The summed E-state index contributed by atoms with van der Waals surface area (Å²) in [6, 6.07) is 5.78. The van der Waals surface area contributed by atoms with E-state index in [-0.39, 0.29) is 24.2 Å². The van der Waals surface area contributed by atoms with Crippen LogP contribution in [0.4, 0.5) is 13.6 Å². The summed E-state index contributed by atoms with van der Waals surface area (Å²) in [5, 5.41) is 0. The molecule has 1 aliphatic heterocycles. The van der Waals surface area contributed by atoms with E-state index in [1.807, 2.05) is 0 Å². The smallest absolute Gasteiger partial charge is 0.409 e. The van der Waals surface area contributed by atoms with Gasteiger partial charge in [-0.1, -0.05) is 24.3 Å². The lowest BCUT2D eigenvalue weighted by Crippen LogP contribution is -2.59. The van der Waals surface area contributed by atoms with Crippen molar-refractivity contribution < 1.29 is 31.5 Å². The summed E-state index contributed by atoms with van der Waals surface area (Å²) in [4.78, 5) is 13.8. The molecule has 1 saturated heterocycles. The van der Waals surface area contributed by atoms with Gasteiger partial charge in [0.25, 0.3) is 6.43 Å². The number of amides is 1. The Balaban J connectivity index is 1.61. The number of hydrogen-bond donors (Lipinski definition) is 1. The fourth-order valence-corrected chi connectivity index (χ4v) is 5.70. The first-order valence-electron chi connectivity index (χ1n) is 11.0. The van der Waals surface area contributed by atoms with Gasteiger partial charge >= 0.3 is 6.09 Å². The number of halogens is 2. The second-order valence-corrected chi connectivity index (χ2v) is 10.4. The maximum Gasteiger partial charge on any atom is 0.409 e. The molecule has 2 atom stereocenters. The van der Waals surface area contributed by atoms with Gasteiger partial charge in [0.15, 0.2) is 0 Å². The van der Waals surface area contributed by atoms with E-state index in [9.17, 15) is 22.0 Å². The molecule has 1 saturated carbocycles. The fourth-order valence-electron chi connectivity index (χ4n) is 4.88. The second kappa shape index (κ2) is 10.9. The van der Waals surface area contributed by atoms with Crippen LogP contribution < -0.4 is 4.72 Å². The number of likely N-dealkylation sites (tertiary alicyclic amines) is 1. The van der Waals surface area contributed by atoms with E-state index in [0.717, 1.165) is 31.9 Å². The monoisotopic (exact) mass is 474 g/mol. The van der Waals surface area contributed by atoms with E-state index in [1.165, 1.54) is 18.1 Å². The highest BCUT2D eigenvalue weighted by Gasteiger charge is 2.37. The van der Waals surface area contributed by atoms with Crippen LogP contribution in [0.25, 0.3) is 0 Å². The first-order valence-corrected chi connectivity index (χ1v) is 12.9. The second-order valence-electron chi connectivity index (χ2n) is 8.61. The molecule has 1 aromatic rings. The molecule has 32 heavy (non-hydrogen) atoms. The van der Waals surface area contributed by atoms with E-state index in [2.05, 4.69) is 4.72 Å². The molecule has 0 unspecified atom stereocenters. The molecule has 3 rings (SSSR count). The molecular weight excluding hydrogens is 442 g/mol. The molecular formula is C22H32F2N2O5S. The quantitative estimate of drug-likeness (QED) is 0.650. The van der Waals surface area contributed by atoms with Gasteiger partial charge in [0.05, 0.1) is 32.1 Å². The number of rotatable bonds is 7. The lowest BCUT2D eigenvalue weighted by molar-refractivity contribution is -0.0246. The fraction of sp³-hybridized carbons (Fsp3) is 0.682. The highest BCUT2D eigenvalue weighted by molar-refractivity contribution is 7.88. The highest BCUT2D eigenvalue weighted by atomic mass is 32.2. The molecule has 10 heteroatoms. The van der Waals surface area contributed by atoms with E-state index >= 15 is 0 Å². The number of ether oxygens (including phenoxy) is 2. The number of piperidine rings is 1. The molecule has 2 fully saturated rings. The third kappa shape index (κ3) is 6.39. The molecule has 1 amide bonds. The molecule has 1 aromatic carbocycles. The van der Waals surface area contributed by atoms with Crippen molar-refractivity contribution in [2.45, 2.75) is 69.1 Å². The van der Waals surface area contributed by atoms with Crippen molar-refractivity contribution in [2.24, 2.45) is 0 Å². The van der Waals surface area contributed by atoms with Crippen molar-refractivity contribution in [3.8, 4) is 0 Å². The number of carbonyl (C=O) groups is 1. The van der Waals surface area contributed by atoms with Crippen molar-refractivity contribution in [1.82, 2.24) is 9.62 Å². The Kier molecular flexibility index (Phi) is 8.46. The van der Waals surface area contributed by atoms with E-state index in [4.69, 9.17) is 9.47 Å². The summed E-state index contributed by atoms with van der Waals surface area (Å²) in [6.07, 6.45) is 2.22. The molecule has 1 N–H and O–H groups in total. The Morgan fingerprint density at radius 3 is 2.50 bits per heavy atom. The van der Waals surface area contributed by atoms with Crippen molar-refractivity contribution in [2.75, 3.05) is 26.5 Å². The lowest BCUT2D eigenvalue weighted by atomic mass is 9.81. The lowest BCUT2D eigenvalue weighted by Gasteiger charge is -2.41. The first kappa shape index (κ1) is 24.9. The van der Waals surface area contributed by atoms with Crippen molar-refractivity contribution in [1.29, 1.82) is 0 Å². The third-order valence-corrected chi connectivity index (χ3v) is 7.13. The number of benzene rings is 1. The van der Waals surface area contributed by atoms with Crippen LogP contribution in [-0.4, -0.2) is 64.1 Å². The highest BCUT2D eigenvalue weighted by Crippen LogP contribution is 2.38. The molecule has 1 heterocycles. The number of hydrogen-bond acceptors (Lipinski definition) is 5. The Bertz CT molecular complexity index is 875. The SMILES string of the molecule is COC(=O)N1CCC[C@H](NS(C)(=O)=O)[C@@H]1COC1CCC(c2ccccc2C(F)F)CC1. The van der Waals surface area contributed by atoms with Crippen LogP contribution >= 0.6 is 0 Å². The maximum atomic E-state index is 13.4.